The van der Waals surface area contributed by atoms with E-state index in [9.17, 15) is 0 Å². The van der Waals surface area contributed by atoms with Gasteiger partial charge in [0, 0.05) is 0 Å². The topological polar surface area (TPSA) is 71.4 Å². The molecule has 0 amide bonds. The second kappa shape index (κ2) is 3.74. The molecule has 0 N–H and O–H groups in total. The van der Waals surface area contributed by atoms with Gasteiger partial charge in [0.05, 0.1) is 24.1 Å². The van der Waals surface area contributed by atoms with Gasteiger partial charge in [-0.3, -0.25) is 0 Å². The summed E-state index contributed by atoms with van der Waals surface area (Å²) in [4.78, 5) is 0. The van der Waals surface area contributed by atoms with Crippen LogP contribution in [0.1, 0.15) is 20.8 Å². The van der Waals surface area contributed by atoms with Gasteiger partial charge in [-0.15, -0.1) is 0 Å². The normalized spacial score (nSPS) is 12.8. The molecule has 0 aromatic heterocycles. The van der Waals surface area contributed by atoms with E-state index in [0.717, 1.165) is 0 Å². The lowest BCUT2D eigenvalue weighted by Crippen LogP contribution is -2.25. The molecule has 0 aliphatic rings. The summed E-state index contributed by atoms with van der Waals surface area (Å²) in [5.74, 6) is -1.34. The minimum atomic E-state index is -0.824. The van der Waals surface area contributed by atoms with Gasteiger partial charge in [0.1, 0.15) is 5.92 Å². The summed E-state index contributed by atoms with van der Waals surface area (Å²) in [6, 6.07) is 5.65. The van der Waals surface area contributed by atoms with Crippen LogP contribution in [0, 0.1) is 51.2 Å². The average molecular weight is 161 g/mol. The van der Waals surface area contributed by atoms with Gasteiger partial charge < -0.3 is 0 Å². The Bertz CT molecular complexity index is 252. The fraction of sp³-hybridized carbons (Fsp3) is 0.667. The van der Waals surface area contributed by atoms with Gasteiger partial charge in [0.25, 0.3) is 0 Å². The Morgan fingerprint density at radius 2 is 1.33 bits per heavy atom. The first-order valence-electron chi connectivity index (χ1n) is 3.66. The zero-order chi connectivity index (χ0) is 9.78. The van der Waals surface area contributed by atoms with Crippen LogP contribution in [0.2, 0.25) is 0 Å². The first-order chi connectivity index (χ1) is 5.47. The molecule has 0 fully saturated rings. The monoisotopic (exact) mass is 161 g/mol. The van der Waals surface area contributed by atoms with E-state index in [1.54, 1.807) is 0 Å². The minimum Gasteiger partial charge on any atom is -0.198 e. The molecule has 0 rings (SSSR count). The molecular formula is C9H11N3. The molecule has 0 aliphatic heterocycles. The molecule has 0 aliphatic carbocycles. The Labute approximate surface area is 72.8 Å². The van der Waals surface area contributed by atoms with E-state index >= 15 is 0 Å². The SMILES string of the molecule is CC(C)(C)C(C#N)C(C#N)C#N. The Hall–Kier alpha value is -1.53. The van der Waals surface area contributed by atoms with Gasteiger partial charge in [-0.2, -0.15) is 15.8 Å². The highest BCUT2D eigenvalue weighted by atomic mass is 14.4. The van der Waals surface area contributed by atoms with Crippen molar-refractivity contribution in [3.05, 3.63) is 0 Å². The maximum absolute atomic E-state index is 8.74. The first-order valence-corrected chi connectivity index (χ1v) is 3.66. The molecule has 62 valence electrons. The van der Waals surface area contributed by atoms with Crippen molar-refractivity contribution < 1.29 is 0 Å². The van der Waals surface area contributed by atoms with Gasteiger partial charge in [0.15, 0.2) is 0 Å². The zero-order valence-corrected chi connectivity index (χ0v) is 7.50. The molecule has 12 heavy (non-hydrogen) atoms. The van der Waals surface area contributed by atoms with Crippen LogP contribution in [0.25, 0.3) is 0 Å². The van der Waals surface area contributed by atoms with E-state index < -0.39 is 11.8 Å². The van der Waals surface area contributed by atoms with Crippen LogP contribution >= 0.6 is 0 Å². The van der Waals surface area contributed by atoms with E-state index in [0.29, 0.717) is 0 Å². The van der Waals surface area contributed by atoms with Crippen LogP contribution in [0.3, 0.4) is 0 Å². The maximum atomic E-state index is 8.74. The second-order valence-corrected chi connectivity index (χ2v) is 3.71. The molecule has 3 heteroatoms. The van der Waals surface area contributed by atoms with Crippen molar-refractivity contribution in [2.45, 2.75) is 20.8 Å². The Balaban J connectivity index is 4.75. The van der Waals surface area contributed by atoms with Crippen molar-refractivity contribution in [1.82, 2.24) is 0 Å². The molecule has 0 aromatic rings. The molecule has 0 aromatic carbocycles. The summed E-state index contributed by atoms with van der Waals surface area (Å²) in [6.07, 6.45) is 0. The quantitative estimate of drug-likeness (QED) is 0.589. The third-order valence-electron chi connectivity index (χ3n) is 1.68. The predicted octanol–water partition coefficient (Wildman–Crippen LogP) is 1.84. The molecule has 0 bridgehead atoms. The van der Waals surface area contributed by atoms with E-state index in [2.05, 4.69) is 0 Å². The van der Waals surface area contributed by atoms with Crippen LogP contribution in [0.15, 0.2) is 0 Å². The second-order valence-electron chi connectivity index (χ2n) is 3.71. The third kappa shape index (κ3) is 2.26. The van der Waals surface area contributed by atoms with Crippen molar-refractivity contribution in [1.29, 1.82) is 15.8 Å². The summed E-state index contributed by atoms with van der Waals surface area (Å²) in [5.41, 5.74) is -0.315. The fourth-order valence-corrected chi connectivity index (χ4v) is 0.946. The lowest BCUT2D eigenvalue weighted by molar-refractivity contribution is 0.274. The molecule has 0 saturated carbocycles. The molecule has 0 heterocycles. The average Bonchev–Trinajstić information content (AvgIpc) is 1.97. The smallest absolute Gasteiger partial charge is 0.149 e. The van der Waals surface area contributed by atoms with Gasteiger partial charge in [0.2, 0.25) is 0 Å². The standard InChI is InChI=1S/C9H11N3/c1-9(2,3)8(6-12)7(4-10)5-11/h7-8H,1-3H3. The van der Waals surface area contributed by atoms with Crippen LogP contribution in [-0.2, 0) is 0 Å². The van der Waals surface area contributed by atoms with Crippen molar-refractivity contribution in [3.8, 4) is 18.2 Å². The van der Waals surface area contributed by atoms with Gasteiger partial charge >= 0.3 is 0 Å². The third-order valence-corrected chi connectivity index (χ3v) is 1.68. The molecular weight excluding hydrogens is 150 g/mol. The summed E-state index contributed by atoms with van der Waals surface area (Å²) >= 11 is 0. The molecule has 3 nitrogen and oxygen atoms in total. The van der Waals surface area contributed by atoms with Crippen LogP contribution in [0.4, 0.5) is 0 Å². The Morgan fingerprint density at radius 1 is 0.917 bits per heavy atom. The van der Waals surface area contributed by atoms with Crippen LogP contribution < -0.4 is 0 Å². The van der Waals surface area contributed by atoms with Crippen molar-refractivity contribution >= 4 is 0 Å². The highest BCUT2D eigenvalue weighted by Gasteiger charge is 2.32. The first kappa shape index (κ1) is 10.5. The van der Waals surface area contributed by atoms with E-state index in [1.165, 1.54) is 0 Å². The largest absolute Gasteiger partial charge is 0.198 e. The van der Waals surface area contributed by atoms with E-state index in [4.69, 9.17) is 15.8 Å². The van der Waals surface area contributed by atoms with Gasteiger partial charge in [-0.1, -0.05) is 20.8 Å². The van der Waals surface area contributed by atoms with Crippen molar-refractivity contribution in [2.24, 2.45) is 17.3 Å². The highest BCUT2D eigenvalue weighted by Crippen LogP contribution is 2.30. The number of nitrogens with zero attached hydrogens (tertiary/aromatic N) is 3. The summed E-state index contributed by atoms with van der Waals surface area (Å²) < 4.78 is 0. The zero-order valence-electron chi connectivity index (χ0n) is 7.50. The maximum Gasteiger partial charge on any atom is 0.149 e. The summed E-state index contributed by atoms with van der Waals surface area (Å²) in [5, 5.41) is 25.9. The number of nitriles is 3. The molecule has 0 radical (unpaired) electrons. The van der Waals surface area contributed by atoms with Crippen LogP contribution in [-0.4, -0.2) is 0 Å². The number of rotatable bonds is 1. The number of hydrogen-bond acceptors (Lipinski definition) is 3. The Kier molecular flexibility index (Phi) is 3.27. The molecule has 0 spiro atoms. The van der Waals surface area contributed by atoms with Gasteiger partial charge in [-0.05, 0) is 5.41 Å². The summed E-state index contributed by atoms with van der Waals surface area (Å²) in [6.45, 7) is 5.55. The Morgan fingerprint density at radius 3 is 1.42 bits per heavy atom. The van der Waals surface area contributed by atoms with Gasteiger partial charge in [-0.25, -0.2) is 0 Å². The fourth-order valence-electron chi connectivity index (χ4n) is 0.946. The summed E-state index contributed by atoms with van der Waals surface area (Å²) in [7, 11) is 0. The lowest BCUT2D eigenvalue weighted by atomic mass is 9.75. The van der Waals surface area contributed by atoms with Crippen molar-refractivity contribution in [2.75, 3.05) is 0 Å². The van der Waals surface area contributed by atoms with E-state index in [1.807, 2.05) is 39.0 Å². The van der Waals surface area contributed by atoms with Crippen molar-refractivity contribution in [3.63, 3.8) is 0 Å². The molecule has 0 saturated heterocycles. The van der Waals surface area contributed by atoms with Crippen LogP contribution in [0.5, 0.6) is 0 Å². The highest BCUT2D eigenvalue weighted by molar-refractivity contribution is 5.11. The number of hydrogen-bond donors (Lipinski definition) is 0. The molecule has 1 atom stereocenters. The molecule has 1 unspecified atom stereocenters. The van der Waals surface area contributed by atoms with E-state index in [-0.39, 0.29) is 5.41 Å². The predicted molar refractivity (Wildman–Crippen MR) is 43.3 cm³/mol. The lowest BCUT2D eigenvalue weighted by Gasteiger charge is -2.24. The minimum absolute atomic E-state index is 0.315.